The lowest BCUT2D eigenvalue weighted by molar-refractivity contribution is -0.163. The van der Waals surface area contributed by atoms with Crippen molar-refractivity contribution in [1.82, 2.24) is 9.80 Å². The highest BCUT2D eigenvalue weighted by atomic mass is 32.2. The Hall–Kier alpha value is -3.81. The summed E-state index contributed by atoms with van der Waals surface area (Å²) in [7, 11) is 0. The molecule has 222 valence electrons. The van der Waals surface area contributed by atoms with Crippen molar-refractivity contribution in [3.63, 3.8) is 0 Å². The van der Waals surface area contributed by atoms with Crippen LogP contribution in [0.2, 0.25) is 0 Å². The number of thioether (sulfide) groups is 1. The average molecular weight is 602 g/mol. The topological polar surface area (TPSA) is 147 Å². The van der Waals surface area contributed by atoms with Gasteiger partial charge in [0.15, 0.2) is 11.6 Å². The highest BCUT2D eigenvalue weighted by Crippen LogP contribution is 2.52. The fraction of sp³-hybridized carbons (Fsp3) is 0.379. The smallest absolute Gasteiger partial charge is 0.353 e. The second-order valence-electron chi connectivity index (χ2n) is 10.8. The molecule has 0 unspecified atom stereocenters. The zero-order valence-electron chi connectivity index (χ0n) is 22.7. The van der Waals surface area contributed by atoms with E-state index in [-0.39, 0.29) is 53.2 Å². The van der Waals surface area contributed by atoms with Crippen LogP contribution in [0.3, 0.4) is 0 Å². The van der Waals surface area contributed by atoms with Gasteiger partial charge in [-0.25, -0.2) is 18.4 Å². The van der Waals surface area contributed by atoms with Crippen molar-refractivity contribution < 1.29 is 43.3 Å². The number of aromatic carboxylic acids is 1. The number of aliphatic hydroxyl groups excluding tert-OH is 1. The summed E-state index contributed by atoms with van der Waals surface area (Å²) in [6, 6.07) is 8.15. The number of rotatable bonds is 9. The molecule has 13 heteroatoms. The van der Waals surface area contributed by atoms with Crippen molar-refractivity contribution in [2.24, 2.45) is 11.8 Å². The number of aliphatic carboxylic acids is 1. The van der Waals surface area contributed by atoms with Crippen LogP contribution in [0.4, 0.5) is 14.5 Å². The number of aliphatic hydroxyl groups is 1. The van der Waals surface area contributed by atoms with Crippen LogP contribution in [0.1, 0.15) is 36.2 Å². The van der Waals surface area contributed by atoms with E-state index in [1.165, 1.54) is 60.0 Å². The van der Waals surface area contributed by atoms with Crippen LogP contribution in [0, 0.1) is 23.5 Å². The second kappa shape index (κ2) is 11.5. The number of hydrogen-bond acceptors (Lipinski definition) is 7. The molecule has 2 saturated heterocycles. The number of halogens is 2. The highest BCUT2D eigenvalue weighted by Gasteiger charge is 2.60. The van der Waals surface area contributed by atoms with Gasteiger partial charge in [0.25, 0.3) is 0 Å². The monoisotopic (exact) mass is 601 g/mol. The SMILES string of the molecule is C[C@@H](O)[C@H]1C(=O)N2C(C(=O)O)=C(S[C@H]3C[C@@H](C(=O)Nc4cccc(C(=O)O)c4)N(Cc4cccc(F)c4F)C3)[C@H](C)[C@H]12. The molecular weight excluding hydrogens is 572 g/mol. The van der Waals surface area contributed by atoms with Gasteiger partial charge in [-0.05, 0) is 37.6 Å². The van der Waals surface area contributed by atoms with Crippen molar-refractivity contribution in [2.75, 3.05) is 11.9 Å². The number of hydrogen-bond donors (Lipinski definition) is 4. The summed E-state index contributed by atoms with van der Waals surface area (Å²) in [6.45, 7) is 3.40. The standard InChI is InChI=1S/C29H29F2N3O7S/c1-13-23-21(14(2)35)27(37)34(23)24(29(40)41)25(13)42-18-10-20(26(36)32-17-7-3-5-15(9-17)28(38)39)33(12-18)11-16-6-4-8-19(30)22(16)31/h3-9,13-14,18,20-21,23,35H,10-12H2,1-2H3,(H,32,36)(H,38,39)(H,40,41)/t13-,14-,18+,20+,21-,23-/m1/s1. The molecule has 0 radical (unpaired) electrons. The summed E-state index contributed by atoms with van der Waals surface area (Å²) in [5.41, 5.74) is 0.130. The van der Waals surface area contributed by atoms with E-state index < -0.39 is 59.5 Å². The second-order valence-corrected chi connectivity index (χ2v) is 12.1. The van der Waals surface area contributed by atoms with Crippen LogP contribution < -0.4 is 5.32 Å². The first-order valence-electron chi connectivity index (χ1n) is 13.4. The zero-order chi connectivity index (χ0) is 30.5. The summed E-state index contributed by atoms with van der Waals surface area (Å²) in [5, 5.41) is 31.8. The number of likely N-dealkylation sites (tertiary alicyclic amines) is 1. The minimum Gasteiger partial charge on any atom is -0.478 e. The molecule has 2 amide bonds. The maximum Gasteiger partial charge on any atom is 0.353 e. The highest BCUT2D eigenvalue weighted by molar-refractivity contribution is 8.03. The molecule has 2 aromatic rings. The number of carbonyl (C=O) groups excluding carboxylic acids is 2. The lowest BCUT2D eigenvalue weighted by Gasteiger charge is -2.46. The molecule has 0 aromatic heterocycles. The fourth-order valence-electron chi connectivity index (χ4n) is 6.10. The zero-order valence-corrected chi connectivity index (χ0v) is 23.5. The number of amides is 2. The lowest BCUT2D eigenvalue weighted by atomic mass is 9.79. The van der Waals surface area contributed by atoms with Gasteiger partial charge in [-0.2, -0.15) is 0 Å². The van der Waals surface area contributed by atoms with Gasteiger partial charge < -0.3 is 25.5 Å². The Morgan fingerprint density at radius 2 is 1.83 bits per heavy atom. The summed E-state index contributed by atoms with van der Waals surface area (Å²) in [6.07, 6.45) is -0.732. The van der Waals surface area contributed by atoms with Gasteiger partial charge in [-0.3, -0.25) is 14.5 Å². The maximum absolute atomic E-state index is 14.6. The molecule has 3 aliphatic heterocycles. The predicted octanol–water partition coefficient (Wildman–Crippen LogP) is 3.13. The molecule has 2 fully saturated rings. The molecule has 3 heterocycles. The van der Waals surface area contributed by atoms with Crippen LogP contribution in [0.15, 0.2) is 53.1 Å². The number of carboxylic acid groups (broad SMARTS) is 2. The largest absolute Gasteiger partial charge is 0.478 e. The van der Waals surface area contributed by atoms with Crippen molar-refractivity contribution in [3.05, 3.63) is 75.8 Å². The number of anilines is 1. The van der Waals surface area contributed by atoms with E-state index in [1.807, 2.05) is 0 Å². The van der Waals surface area contributed by atoms with E-state index in [9.17, 15) is 43.3 Å². The van der Waals surface area contributed by atoms with E-state index in [4.69, 9.17) is 0 Å². The van der Waals surface area contributed by atoms with Crippen molar-refractivity contribution in [3.8, 4) is 0 Å². The third-order valence-corrected chi connectivity index (χ3v) is 9.55. The summed E-state index contributed by atoms with van der Waals surface area (Å²) in [4.78, 5) is 53.2. The van der Waals surface area contributed by atoms with E-state index >= 15 is 0 Å². The van der Waals surface area contributed by atoms with Crippen molar-refractivity contribution in [1.29, 1.82) is 0 Å². The van der Waals surface area contributed by atoms with Crippen LogP contribution in [0.5, 0.6) is 0 Å². The molecule has 4 N–H and O–H groups in total. The first-order chi connectivity index (χ1) is 19.9. The number of carboxylic acids is 2. The Morgan fingerprint density at radius 3 is 2.50 bits per heavy atom. The molecular formula is C29H29F2N3O7S. The van der Waals surface area contributed by atoms with E-state index in [0.29, 0.717) is 4.91 Å². The minimum atomic E-state index is -1.27. The Morgan fingerprint density at radius 1 is 1.12 bits per heavy atom. The van der Waals surface area contributed by atoms with Crippen LogP contribution in [-0.2, 0) is 20.9 Å². The van der Waals surface area contributed by atoms with Gasteiger partial charge in [0.2, 0.25) is 11.8 Å². The van der Waals surface area contributed by atoms with Gasteiger partial charge in [0, 0.05) is 40.4 Å². The van der Waals surface area contributed by atoms with E-state index in [1.54, 1.807) is 11.8 Å². The van der Waals surface area contributed by atoms with Crippen molar-refractivity contribution >= 4 is 41.2 Å². The number of nitrogens with zero attached hydrogens (tertiary/aromatic N) is 2. The first kappa shape index (κ1) is 29.7. The molecule has 10 nitrogen and oxygen atoms in total. The van der Waals surface area contributed by atoms with Gasteiger partial charge in [0.1, 0.15) is 5.70 Å². The summed E-state index contributed by atoms with van der Waals surface area (Å²) in [5.74, 6) is -6.53. The quantitative estimate of drug-likeness (QED) is 0.318. The van der Waals surface area contributed by atoms with E-state index in [0.717, 1.165) is 6.07 Å². The number of β-lactam (4-membered cyclic amide) rings is 1. The molecule has 0 saturated carbocycles. The Bertz CT molecular complexity index is 1500. The first-order valence-corrected chi connectivity index (χ1v) is 14.2. The number of carbonyl (C=O) groups is 4. The predicted molar refractivity (Wildman–Crippen MR) is 148 cm³/mol. The van der Waals surface area contributed by atoms with Gasteiger partial charge in [-0.15, -0.1) is 11.8 Å². The maximum atomic E-state index is 14.6. The lowest BCUT2D eigenvalue weighted by Crippen LogP contribution is -2.63. The minimum absolute atomic E-state index is 0.0237. The van der Waals surface area contributed by atoms with Crippen LogP contribution in [0.25, 0.3) is 0 Å². The van der Waals surface area contributed by atoms with Gasteiger partial charge in [-0.1, -0.05) is 25.1 Å². The number of nitrogens with one attached hydrogen (secondary N) is 1. The van der Waals surface area contributed by atoms with E-state index in [2.05, 4.69) is 5.32 Å². The van der Waals surface area contributed by atoms with Crippen LogP contribution in [-0.4, -0.2) is 78.9 Å². The van der Waals surface area contributed by atoms with Crippen LogP contribution >= 0.6 is 11.8 Å². The Labute approximate surface area is 244 Å². The average Bonchev–Trinajstić information content (AvgIpc) is 3.43. The molecule has 3 aliphatic rings. The molecule has 0 spiro atoms. The number of fused-ring (bicyclic) bond motifs is 1. The molecule has 42 heavy (non-hydrogen) atoms. The molecule has 6 atom stereocenters. The normalized spacial score (nSPS) is 26.2. The Balaban J connectivity index is 1.41. The van der Waals surface area contributed by atoms with Gasteiger partial charge in [0.05, 0.1) is 29.7 Å². The van der Waals surface area contributed by atoms with Crippen molar-refractivity contribution in [2.45, 2.75) is 50.3 Å². The Kier molecular flexibility index (Phi) is 8.10. The third kappa shape index (κ3) is 5.27. The molecule has 5 rings (SSSR count). The summed E-state index contributed by atoms with van der Waals surface area (Å²) >= 11 is 1.23. The molecule has 0 aliphatic carbocycles. The van der Waals surface area contributed by atoms with Gasteiger partial charge >= 0.3 is 11.9 Å². The fourth-order valence-corrected chi connectivity index (χ4v) is 7.65. The molecule has 0 bridgehead atoms. The number of benzene rings is 2. The third-order valence-electron chi connectivity index (χ3n) is 8.05. The molecule has 2 aromatic carbocycles. The summed E-state index contributed by atoms with van der Waals surface area (Å²) < 4.78 is 28.6.